The summed E-state index contributed by atoms with van der Waals surface area (Å²) >= 11 is 3.45. The van der Waals surface area contributed by atoms with Crippen molar-refractivity contribution in [1.29, 1.82) is 0 Å². The second-order valence-corrected chi connectivity index (χ2v) is 3.63. The van der Waals surface area contributed by atoms with E-state index in [1.807, 2.05) is 24.5 Å². The summed E-state index contributed by atoms with van der Waals surface area (Å²) in [5.41, 5.74) is 3.74. The minimum absolute atomic E-state index is 0.895. The number of nitrogens with zero attached hydrogens (tertiary/aromatic N) is 1. The van der Waals surface area contributed by atoms with Gasteiger partial charge in [-0.25, -0.2) is 0 Å². The maximum atomic E-state index is 4.00. The Morgan fingerprint density at radius 1 is 1.00 bits per heavy atom. The molecule has 2 aromatic rings. The van der Waals surface area contributed by atoms with Gasteiger partial charge in [0.05, 0.1) is 0 Å². The summed E-state index contributed by atoms with van der Waals surface area (Å²) in [6.45, 7) is 0. The third-order valence-electron chi connectivity index (χ3n) is 2.09. The first-order valence-corrected chi connectivity index (χ1v) is 5.57. The molecule has 0 fully saturated rings. The standard InChI is InChI=1S/C12H10BrN/c13-9-10-2-1-3-12(8-10)11-4-6-14-7-5-11/h1-8H,9H2. The molecule has 0 unspecified atom stereocenters. The summed E-state index contributed by atoms with van der Waals surface area (Å²) in [6.07, 6.45) is 3.63. The lowest BCUT2D eigenvalue weighted by atomic mass is 10.1. The van der Waals surface area contributed by atoms with Crippen molar-refractivity contribution in [3.8, 4) is 11.1 Å². The normalized spacial score (nSPS) is 10.1. The molecular formula is C12H10BrN. The van der Waals surface area contributed by atoms with Crippen molar-refractivity contribution in [2.45, 2.75) is 5.33 Å². The van der Waals surface area contributed by atoms with Gasteiger partial charge in [-0.1, -0.05) is 40.2 Å². The Bertz CT molecular complexity index is 412. The van der Waals surface area contributed by atoms with Crippen molar-refractivity contribution < 1.29 is 0 Å². The van der Waals surface area contributed by atoms with Crippen LogP contribution in [0.3, 0.4) is 0 Å². The van der Waals surface area contributed by atoms with Crippen LogP contribution in [0.25, 0.3) is 11.1 Å². The minimum atomic E-state index is 0.895. The summed E-state index contributed by atoms with van der Waals surface area (Å²) in [7, 11) is 0. The van der Waals surface area contributed by atoms with Crippen molar-refractivity contribution in [3.05, 3.63) is 54.4 Å². The molecule has 1 nitrogen and oxygen atoms in total. The molecule has 0 saturated carbocycles. The first-order valence-electron chi connectivity index (χ1n) is 4.45. The van der Waals surface area contributed by atoms with Gasteiger partial charge in [0, 0.05) is 17.7 Å². The highest BCUT2D eigenvalue weighted by Crippen LogP contribution is 2.20. The molecule has 70 valence electrons. The maximum absolute atomic E-state index is 4.00. The van der Waals surface area contributed by atoms with Gasteiger partial charge in [-0.3, -0.25) is 4.98 Å². The first kappa shape index (κ1) is 9.41. The highest BCUT2D eigenvalue weighted by atomic mass is 79.9. The van der Waals surface area contributed by atoms with E-state index in [1.54, 1.807) is 0 Å². The van der Waals surface area contributed by atoms with E-state index >= 15 is 0 Å². The summed E-state index contributed by atoms with van der Waals surface area (Å²) in [4.78, 5) is 4.00. The number of aromatic nitrogens is 1. The molecule has 1 aromatic carbocycles. The Labute approximate surface area is 91.9 Å². The summed E-state index contributed by atoms with van der Waals surface area (Å²) in [5.74, 6) is 0. The second-order valence-electron chi connectivity index (χ2n) is 3.07. The zero-order chi connectivity index (χ0) is 9.80. The van der Waals surface area contributed by atoms with Crippen LogP contribution in [-0.4, -0.2) is 4.98 Å². The average molecular weight is 248 g/mol. The number of benzene rings is 1. The van der Waals surface area contributed by atoms with Crippen LogP contribution in [0.15, 0.2) is 48.8 Å². The van der Waals surface area contributed by atoms with Crippen LogP contribution in [0.1, 0.15) is 5.56 Å². The molecule has 1 aromatic heterocycles. The zero-order valence-electron chi connectivity index (χ0n) is 7.65. The van der Waals surface area contributed by atoms with Crippen molar-refractivity contribution in [3.63, 3.8) is 0 Å². The molecule has 0 spiro atoms. The Balaban J connectivity index is 2.42. The van der Waals surface area contributed by atoms with Crippen molar-refractivity contribution in [2.24, 2.45) is 0 Å². The molecule has 2 rings (SSSR count). The summed E-state index contributed by atoms with van der Waals surface area (Å²) in [5, 5.41) is 0.895. The van der Waals surface area contributed by atoms with Gasteiger partial charge in [0.1, 0.15) is 0 Å². The lowest BCUT2D eigenvalue weighted by Gasteiger charge is -2.02. The topological polar surface area (TPSA) is 12.9 Å². The Morgan fingerprint density at radius 2 is 1.79 bits per heavy atom. The fourth-order valence-electron chi connectivity index (χ4n) is 1.38. The van der Waals surface area contributed by atoms with Crippen LogP contribution in [0.5, 0.6) is 0 Å². The second kappa shape index (κ2) is 4.38. The van der Waals surface area contributed by atoms with E-state index in [4.69, 9.17) is 0 Å². The lowest BCUT2D eigenvalue weighted by molar-refractivity contribution is 1.33. The maximum Gasteiger partial charge on any atom is 0.0283 e. The highest BCUT2D eigenvalue weighted by Gasteiger charge is 1.97. The molecule has 0 bridgehead atoms. The zero-order valence-corrected chi connectivity index (χ0v) is 9.24. The number of hydrogen-bond acceptors (Lipinski definition) is 1. The number of hydrogen-bond donors (Lipinski definition) is 0. The van der Waals surface area contributed by atoms with Crippen LogP contribution < -0.4 is 0 Å². The molecule has 0 aliphatic heterocycles. The average Bonchev–Trinajstić information content (AvgIpc) is 2.30. The lowest BCUT2D eigenvalue weighted by Crippen LogP contribution is -1.81. The molecule has 0 aliphatic carbocycles. The van der Waals surface area contributed by atoms with Crippen molar-refractivity contribution in [1.82, 2.24) is 4.98 Å². The first-order chi connectivity index (χ1) is 6.90. The molecule has 0 aliphatic rings. The molecule has 0 atom stereocenters. The number of halogens is 1. The van der Waals surface area contributed by atoms with Crippen LogP contribution in [0.2, 0.25) is 0 Å². The third-order valence-corrected chi connectivity index (χ3v) is 2.74. The van der Waals surface area contributed by atoms with Crippen LogP contribution in [0, 0.1) is 0 Å². The van der Waals surface area contributed by atoms with Gasteiger partial charge in [-0.15, -0.1) is 0 Å². The van der Waals surface area contributed by atoms with Gasteiger partial charge < -0.3 is 0 Å². The van der Waals surface area contributed by atoms with Crippen LogP contribution in [-0.2, 0) is 5.33 Å². The Morgan fingerprint density at radius 3 is 2.50 bits per heavy atom. The molecule has 2 heteroatoms. The molecule has 0 saturated heterocycles. The number of alkyl halides is 1. The van der Waals surface area contributed by atoms with Crippen LogP contribution in [0.4, 0.5) is 0 Å². The fraction of sp³-hybridized carbons (Fsp3) is 0.0833. The van der Waals surface area contributed by atoms with Crippen molar-refractivity contribution >= 4 is 15.9 Å². The quantitative estimate of drug-likeness (QED) is 0.739. The van der Waals surface area contributed by atoms with Gasteiger partial charge >= 0.3 is 0 Å². The van der Waals surface area contributed by atoms with Gasteiger partial charge in [0.25, 0.3) is 0 Å². The molecular weight excluding hydrogens is 238 g/mol. The Kier molecular flexibility index (Phi) is 2.94. The summed E-state index contributed by atoms with van der Waals surface area (Å²) < 4.78 is 0. The van der Waals surface area contributed by atoms with E-state index in [1.165, 1.54) is 16.7 Å². The molecule has 0 radical (unpaired) electrons. The largest absolute Gasteiger partial charge is 0.265 e. The van der Waals surface area contributed by atoms with E-state index < -0.39 is 0 Å². The third kappa shape index (κ3) is 2.02. The molecule has 1 heterocycles. The SMILES string of the molecule is BrCc1cccc(-c2ccncc2)c1. The smallest absolute Gasteiger partial charge is 0.0283 e. The highest BCUT2D eigenvalue weighted by molar-refractivity contribution is 9.08. The Hall–Kier alpha value is -1.15. The van der Waals surface area contributed by atoms with E-state index in [2.05, 4.69) is 45.2 Å². The van der Waals surface area contributed by atoms with E-state index in [-0.39, 0.29) is 0 Å². The van der Waals surface area contributed by atoms with Gasteiger partial charge in [0.15, 0.2) is 0 Å². The monoisotopic (exact) mass is 247 g/mol. The van der Waals surface area contributed by atoms with Crippen LogP contribution >= 0.6 is 15.9 Å². The predicted molar refractivity (Wildman–Crippen MR) is 62.3 cm³/mol. The molecule has 0 N–H and O–H groups in total. The van der Waals surface area contributed by atoms with Gasteiger partial charge in [-0.05, 0) is 28.8 Å². The van der Waals surface area contributed by atoms with Gasteiger partial charge in [-0.2, -0.15) is 0 Å². The van der Waals surface area contributed by atoms with E-state index in [0.717, 1.165) is 5.33 Å². The van der Waals surface area contributed by atoms with Crippen molar-refractivity contribution in [2.75, 3.05) is 0 Å². The van der Waals surface area contributed by atoms with Gasteiger partial charge in [0.2, 0.25) is 0 Å². The summed E-state index contributed by atoms with van der Waals surface area (Å²) in [6, 6.07) is 12.5. The molecule has 0 amide bonds. The number of rotatable bonds is 2. The van der Waals surface area contributed by atoms with E-state index in [0.29, 0.717) is 0 Å². The minimum Gasteiger partial charge on any atom is -0.265 e. The fourth-order valence-corrected chi connectivity index (χ4v) is 1.73. The predicted octanol–water partition coefficient (Wildman–Crippen LogP) is 3.64. The van der Waals surface area contributed by atoms with E-state index in [9.17, 15) is 0 Å². The number of pyridine rings is 1. The molecule has 14 heavy (non-hydrogen) atoms.